The van der Waals surface area contributed by atoms with Gasteiger partial charge in [0.15, 0.2) is 0 Å². The van der Waals surface area contributed by atoms with E-state index in [4.69, 9.17) is 5.11 Å². The molecule has 0 aromatic heterocycles. The summed E-state index contributed by atoms with van der Waals surface area (Å²) in [6.45, 7) is 2.78. The maximum atomic E-state index is 10.5. The fourth-order valence-electron chi connectivity index (χ4n) is 3.23. The zero-order valence-corrected chi connectivity index (χ0v) is 10.4. The highest BCUT2D eigenvalue weighted by Gasteiger charge is 2.35. The first kappa shape index (κ1) is 12.8. The molecule has 98 valence electrons. The first-order chi connectivity index (χ1) is 8.07. The maximum absolute atomic E-state index is 10.5. The highest BCUT2D eigenvalue weighted by atomic mass is 16.4. The van der Waals surface area contributed by atoms with Crippen LogP contribution >= 0.6 is 0 Å². The van der Waals surface area contributed by atoms with Gasteiger partial charge in [-0.05, 0) is 38.1 Å². The Morgan fingerprint density at radius 3 is 2.71 bits per heavy atom. The molecular formula is C13H23NO3. The molecular weight excluding hydrogens is 218 g/mol. The summed E-state index contributed by atoms with van der Waals surface area (Å²) in [7, 11) is 0. The molecule has 1 atom stereocenters. The van der Waals surface area contributed by atoms with Crippen LogP contribution in [0.4, 0.5) is 0 Å². The molecule has 1 aliphatic heterocycles. The zero-order chi connectivity index (χ0) is 12.3. The van der Waals surface area contributed by atoms with Gasteiger partial charge in [-0.1, -0.05) is 12.8 Å². The van der Waals surface area contributed by atoms with E-state index in [0.29, 0.717) is 5.92 Å². The van der Waals surface area contributed by atoms with Crippen molar-refractivity contribution in [3.8, 4) is 0 Å². The lowest BCUT2D eigenvalue weighted by Crippen LogP contribution is -2.40. The van der Waals surface area contributed by atoms with Crippen LogP contribution in [0.25, 0.3) is 0 Å². The number of β-amino-alcohol motifs (C(OH)–C–C–N with tert-alkyl or cyclic N) is 1. The van der Waals surface area contributed by atoms with Crippen molar-refractivity contribution in [2.24, 2.45) is 5.92 Å². The Bertz CT molecular complexity index is 274. The van der Waals surface area contributed by atoms with Gasteiger partial charge in [-0.3, -0.25) is 4.79 Å². The monoisotopic (exact) mass is 241 g/mol. The van der Waals surface area contributed by atoms with Gasteiger partial charge in [0.25, 0.3) is 0 Å². The SMILES string of the molecule is O=C(O)CCC1CCN(CC2(O)CCCC2)C1. The smallest absolute Gasteiger partial charge is 0.303 e. The summed E-state index contributed by atoms with van der Waals surface area (Å²) < 4.78 is 0. The van der Waals surface area contributed by atoms with E-state index >= 15 is 0 Å². The molecule has 0 radical (unpaired) electrons. The third kappa shape index (κ3) is 3.68. The second kappa shape index (κ2) is 5.36. The summed E-state index contributed by atoms with van der Waals surface area (Å²) in [5.41, 5.74) is -0.457. The normalized spacial score (nSPS) is 28.6. The van der Waals surface area contributed by atoms with E-state index < -0.39 is 11.6 Å². The van der Waals surface area contributed by atoms with Crippen LogP contribution in [-0.2, 0) is 4.79 Å². The van der Waals surface area contributed by atoms with Crippen LogP contribution in [-0.4, -0.2) is 46.3 Å². The minimum absolute atomic E-state index is 0.281. The molecule has 2 N–H and O–H groups in total. The maximum Gasteiger partial charge on any atom is 0.303 e. The van der Waals surface area contributed by atoms with Crippen molar-refractivity contribution in [1.82, 2.24) is 4.90 Å². The van der Waals surface area contributed by atoms with Crippen LogP contribution in [0.15, 0.2) is 0 Å². The average molecular weight is 241 g/mol. The molecule has 0 aromatic rings. The molecule has 2 rings (SSSR count). The molecule has 1 saturated carbocycles. The van der Waals surface area contributed by atoms with Crippen molar-refractivity contribution < 1.29 is 15.0 Å². The van der Waals surface area contributed by atoms with Gasteiger partial charge in [-0.25, -0.2) is 0 Å². The number of aliphatic hydroxyl groups is 1. The Hall–Kier alpha value is -0.610. The van der Waals surface area contributed by atoms with Crippen molar-refractivity contribution in [3.63, 3.8) is 0 Å². The summed E-state index contributed by atoms with van der Waals surface area (Å²) in [6, 6.07) is 0. The van der Waals surface area contributed by atoms with Crippen LogP contribution in [0.1, 0.15) is 44.9 Å². The Labute approximate surface area is 103 Å². The second-order valence-electron chi connectivity index (χ2n) is 5.75. The van der Waals surface area contributed by atoms with Gasteiger partial charge in [0, 0.05) is 19.5 Å². The Balaban J connectivity index is 1.72. The van der Waals surface area contributed by atoms with Crippen LogP contribution in [0.3, 0.4) is 0 Å². The number of aliphatic carboxylic acids is 1. The number of rotatable bonds is 5. The lowest BCUT2D eigenvalue weighted by atomic mass is 10.0. The molecule has 0 bridgehead atoms. The van der Waals surface area contributed by atoms with Crippen LogP contribution in [0.2, 0.25) is 0 Å². The van der Waals surface area contributed by atoms with Crippen molar-refractivity contribution >= 4 is 5.97 Å². The zero-order valence-electron chi connectivity index (χ0n) is 10.4. The van der Waals surface area contributed by atoms with Gasteiger partial charge in [-0.2, -0.15) is 0 Å². The van der Waals surface area contributed by atoms with Gasteiger partial charge in [0.1, 0.15) is 0 Å². The topological polar surface area (TPSA) is 60.8 Å². The van der Waals surface area contributed by atoms with Crippen LogP contribution < -0.4 is 0 Å². The van der Waals surface area contributed by atoms with Crippen LogP contribution in [0.5, 0.6) is 0 Å². The number of likely N-dealkylation sites (tertiary alicyclic amines) is 1. The summed E-state index contributed by atoms with van der Waals surface area (Å²) in [4.78, 5) is 12.8. The average Bonchev–Trinajstić information content (AvgIpc) is 2.85. The number of nitrogens with zero attached hydrogens (tertiary/aromatic N) is 1. The number of carboxylic acids is 1. The predicted octanol–water partition coefficient (Wildman–Crippen LogP) is 1.48. The molecule has 17 heavy (non-hydrogen) atoms. The van der Waals surface area contributed by atoms with Gasteiger partial charge >= 0.3 is 5.97 Å². The number of hydrogen-bond acceptors (Lipinski definition) is 3. The molecule has 0 aromatic carbocycles. The molecule has 2 fully saturated rings. The Kier molecular flexibility index (Phi) is 4.05. The van der Waals surface area contributed by atoms with E-state index in [0.717, 1.165) is 58.2 Å². The Morgan fingerprint density at radius 1 is 1.35 bits per heavy atom. The lowest BCUT2D eigenvalue weighted by Gasteiger charge is -2.28. The lowest BCUT2D eigenvalue weighted by molar-refractivity contribution is -0.137. The first-order valence-electron chi connectivity index (χ1n) is 6.74. The van der Waals surface area contributed by atoms with Crippen molar-refractivity contribution in [2.45, 2.75) is 50.5 Å². The third-order valence-electron chi connectivity index (χ3n) is 4.19. The van der Waals surface area contributed by atoms with Crippen molar-refractivity contribution in [1.29, 1.82) is 0 Å². The second-order valence-corrected chi connectivity index (χ2v) is 5.75. The molecule has 4 nitrogen and oxygen atoms in total. The van der Waals surface area contributed by atoms with E-state index in [2.05, 4.69) is 4.90 Å². The quantitative estimate of drug-likeness (QED) is 0.765. The van der Waals surface area contributed by atoms with E-state index in [1.54, 1.807) is 0 Å². The largest absolute Gasteiger partial charge is 0.481 e. The highest BCUT2D eigenvalue weighted by molar-refractivity contribution is 5.66. The molecule has 2 aliphatic rings. The Morgan fingerprint density at radius 2 is 2.06 bits per heavy atom. The van der Waals surface area contributed by atoms with Crippen molar-refractivity contribution in [3.05, 3.63) is 0 Å². The summed E-state index contributed by atoms with van der Waals surface area (Å²) in [5, 5.41) is 19.0. The molecule has 1 heterocycles. The highest BCUT2D eigenvalue weighted by Crippen LogP contribution is 2.32. The molecule has 0 amide bonds. The molecule has 0 spiro atoms. The number of carboxylic acid groups (broad SMARTS) is 1. The fraction of sp³-hybridized carbons (Fsp3) is 0.923. The summed E-state index contributed by atoms with van der Waals surface area (Å²) in [6.07, 6.45) is 6.31. The fourth-order valence-corrected chi connectivity index (χ4v) is 3.23. The van der Waals surface area contributed by atoms with E-state index in [1.807, 2.05) is 0 Å². The standard InChI is InChI=1S/C13H23NO3/c15-12(16)4-3-11-5-8-14(9-11)10-13(17)6-1-2-7-13/h11,17H,1-10H2,(H,15,16). The van der Waals surface area contributed by atoms with Gasteiger partial charge in [0.05, 0.1) is 5.60 Å². The van der Waals surface area contributed by atoms with Crippen molar-refractivity contribution in [2.75, 3.05) is 19.6 Å². The van der Waals surface area contributed by atoms with Gasteiger partial charge in [0.2, 0.25) is 0 Å². The first-order valence-corrected chi connectivity index (χ1v) is 6.74. The molecule has 4 heteroatoms. The van der Waals surface area contributed by atoms with E-state index in [-0.39, 0.29) is 6.42 Å². The summed E-state index contributed by atoms with van der Waals surface area (Å²) >= 11 is 0. The number of hydrogen-bond donors (Lipinski definition) is 2. The minimum atomic E-state index is -0.696. The third-order valence-corrected chi connectivity index (χ3v) is 4.19. The summed E-state index contributed by atoms with van der Waals surface area (Å²) in [5.74, 6) is -0.186. The molecule has 1 unspecified atom stereocenters. The minimum Gasteiger partial charge on any atom is -0.481 e. The molecule has 1 aliphatic carbocycles. The van der Waals surface area contributed by atoms with Gasteiger partial charge in [-0.15, -0.1) is 0 Å². The number of carbonyl (C=O) groups is 1. The van der Waals surface area contributed by atoms with Crippen LogP contribution in [0, 0.1) is 5.92 Å². The van der Waals surface area contributed by atoms with Gasteiger partial charge < -0.3 is 15.1 Å². The molecule has 1 saturated heterocycles. The van der Waals surface area contributed by atoms with E-state index in [1.165, 1.54) is 0 Å². The van der Waals surface area contributed by atoms with E-state index in [9.17, 15) is 9.90 Å². The predicted molar refractivity (Wildman–Crippen MR) is 64.8 cm³/mol.